The molecule has 0 aliphatic rings. The minimum absolute atomic E-state index is 0.125. The molecule has 0 bridgehead atoms. The molecule has 0 radical (unpaired) electrons. The maximum Gasteiger partial charge on any atom is 0.303 e. The van der Waals surface area contributed by atoms with Crippen LogP contribution < -0.4 is 0 Å². The van der Waals surface area contributed by atoms with E-state index in [1.165, 1.54) is 0 Å². The van der Waals surface area contributed by atoms with Crippen LogP contribution in [0.4, 0.5) is 0 Å². The molecule has 0 unspecified atom stereocenters. The lowest BCUT2D eigenvalue weighted by Crippen LogP contribution is -1.98. The molecule has 1 N–H and O–H groups in total. The van der Waals surface area contributed by atoms with E-state index in [0.29, 0.717) is 6.42 Å². The number of fused-ring (bicyclic) bond motifs is 1. The monoisotopic (exact) mass is 218 g/mol. The Hall–Kier alpha value is -1.84. The lowest BCUT2D eigenvalue weighted by atomic mass is 10.2. The third-order valence-electron chi connectivity index (χ3n) is 2.68. The van der Waals surface area contributed by atoms with E-state index in [9.17, 15) is 4.79 Å². The summed E-state index contributed by atoms with van der Waals surface area (Å²) in [5.74, 6) is 0.125. The Balaban J connectivity index is 2.47. The van der Waals surface area contributed by atoms with Gasteiger partial charge >= 0.3 is 5.97 Å². The highest BCUT2D eigenvalue weighted by Crippen LogP contribution is 2.16. The fraction of sp³-hybridized carbons (Fsp3) is 0.333. The number of carbonyl (C=O) groups is 1. The predicted molar refractivity (Wildman–Crippen MR) is 60.6 cm³/mol. The molecule has 2 heterocycles. The van der Waals surface area contributed by atoms with Crippen LogP contribution in [0.1, 0.15) is 23.6 Å². The molecule has 0 amide bonds. The second kappa shape index (κ2) is 3.96. The predicted octanol–water partition coefficient (Wildman–Crippen LogP) is 1.97. The molecule has 0 saturated carbocycles. The zero-order valence-corrected chi connectivity index (χ0v) is 9.40. The summed E-state index contributed by atoms with van der Waals surface area (Å²) in [7, 11) is 0. The van der Waals surface area contributed by atoms with Crippen molar-refractivity contribution in [2.45, 2.75) is 26.7 Å². The van der Waals surface area contributed by atoms with Crippen LogP contribution >= 0.6 is 0 Å². The van der Waals surface area contributed by atoms with Crippen molar-refractivity contribution in [2.75, 3.05) is 0 Å². The van der Waals surface area contributed by atoms with Gasteiger partial charge in [-0.1, -0.05) is 6.07 Å². The van der Waals surface area contributed by atoms with Gasteiger partial charge in [-0.05, 0) is 26.0 Å². The lowest BCUT2D eigenvalue weighted by Gasteiger charge is -2.01. The third-order valence-corrected chi connectivity index (χ3v) is 2.68. The second-order valence-electron chi connectivity index (χ2n) is 3.89. The summed E-state index contributed by atoms with van der Waals surface area (Å²) in [5, 5.41) is 8.67. The van der Waals surface area contributed by atoms with Crippen molar-refractivity contribution in [1.29, 1.82) is 0 Å². The normalized spacial score (nSPS) is 10.9. The molecule has 0 aromatic carbocycles. The summed E-state index contributed by atoms with van der Waals surface area (Å²) < 4.78 is 2.05. The Labute approximate surface area is 93.5 Å². The number of rotatable bonds is 3. The van der Waals surface area contributed by atoms with Gasteiger partial charge in [0.05, 0.1) is 17.6 Å². The van der Waals surface area contributed by atoms with Gasteiger partial charge in [0.1, 0.15) is 5.82 Å². The molecule has 2 aromatic heterocycles. The maximum atomic E-state index is 10.5. The van der Waals surface area contributed by atoms with Crippen molar-refractivity contribution < 1.29 is 9.90 Å². The van der Waals surface area contributed by atoms with Crippen molar-refractivity contribution in [2.24, 2.45) is 0 Å². The van der Waals surface area contributed by atoms with Gasteiger partial charge in [-0.2, -0.15) is 0 Å². The van der Waals surface area contributed by atoms with Gasteiger partial charge in [0.15, 0.2) is 0 Å². The number of hydrogen-bond donors (Lipinski definition) is 1. The number of aliphatic carboxylic acids is 1. The van der Waals surface area contributed by atoms with E-state index >= 15 is 0 Å². The molecule has 2 aromatic rings. The van der Waals surface area contributed by atoms with Gasteiger partial charge in [-0.3, -0.25) is 4.79 Å². The van der Waals surface area contributed by atoms with Crippen LogP contribution in [0.2, 0.25) is 0 Å². The number of imidazole rings is 1. The largest absolute Gasteiger partial charge is 0.481 e. The lowest BCUT2D eigenvalue weighted by molar-refractivity contribution is -0.136. The van der Waals surface area contributed by atoms with Gasteiger partial charge in [-0.25, -0.2) is 4.98 Å². The van der Waals surface area contributed by atoms with Gasteiger partial charge in [0.2, 0.25) is 0 Å². The van der Waals surface area contributed by atoms with Crippen LogP contribution in [-0.2, 0) is 11.2 Å². The Morgan fingerprint density at radius 1 is 1.44 bits per heavy atom. The first-order valence-electron chi connectivity index (χ1n) is 5.25. The van der Waals surface area contributed by atoms with E-state index in [1.54, 1.807) is 0 Å². The van der Waals surface area contributed by atoms with Crippen LogP contribution in [0.15, 0.2) is 18.2 Å². The van der Waals surface area contributed by atoms with E-state index in [-0.39, 0.29) is 6.42 Å². The summed E-state index contributed by atoms with van der Waals surface area (Å²) in [6.07, 6.45) is 0.607. The van der Waals surface area contributed by atoms with Crippen molar-refractivity contribution in [3.63, 3.8) is 0 Å². The zero-order chi connectivity index (χ0) is 11.7. The number of aryl methyl sites for hydroxylation is 3. The fourth-order valence-corrected chi connectivity index (χ4v) is 1.98. The van der Waals surface area contributed by atoms with E-state index in [1.807, 2.05) is 32.0 Å². The molecule has 0 spiro atoms. The average molecular weight is 218 g/mol. The van der Waals surface area contributed by atoms with Gasteiger partial charge < -0.3 is 9.51 Å². The zero-order valence-electron chi connectivity index (χ0n) is 9.40. The van der Waals surface area contributed by atoms with E-state index in [4.69, 9.17) is 5.11 Å². The van der Waals surface area contributed by atoms with Crippen molar-refractivity contribution >= 4 is 11.5 Å². The van der Waals surface area contributed by atoms with Crippen molar-refractivity contribution in [3.8, 4) is 0 Å². The topological polar surface area (TPSA) is 54.6 Å². The van der Waals surface area contributed by atoms with Gasteiger partial charge in [0.25, 0.3) is 0 Å². The highest BCUT2D eigenvalue weighted by atomic mass is 16.4. The standard InChI is InChI=1S/C12H14N2O2/c1-8-4-3-5-11-10(6-7-12(15)16)13-9(2)14(8)11/h3-5H,6-7H2,1-2H3,(H,15,16). The summed E-state index contributed by atoms with van der Waals surface area (Å²) in [6.45, 7) is 3.95. The SMILES string of the molecule is Cc1cccc2c(CCC(=O)O)nc(C)n12. The van der Waals surface area contributed by atoms with E-state index in [0.717, 1.165) is 22.7 Å². The molecule has 0 fully saturated rings. The van der Waals surface area contributed by atoms with Crippen molar-refractivity contribution in [3.05, 3.63) is 35.4 Å². The number of hydrogen-bond acceptors (Lipinski definition) is 2. The summed E-state index contributed by atoms with van der Waals surface area (Å²) in [5.41, 5.74) is 2.99. The number of carboxylic acid groups (broad SMARTS) is 1. The number of pyridine rings is 1. The molecule has 0 atom stereocenters. The molecular formula is C12H14N2O2. The summed E-state index contributed by atoms with van der Waals surface area (Å²) in [4.78, 5) is 15.0. The number of aromatic nitrogens is 2. The third kappa shape index (κ3) is 1.78. The molecule has 0 aliphatic heterocycles. The van der Waals surface area contributed by atoms with Crippen LogP contribution in [0.5, 0.6) is 0 Å². The average Bonchev–Trinajstić information content (AvgIpc) is 2.54. The molecule has 0 saturated heterocycles. The first-order valence-corrected chi connectivity index (χ1v) is 5.25. The Morgan fingerprint density at radius 3 is 2.88 bits per heavy atom. The van der Waals surface area contributed by atoms with Gasteiger partial charge in [-0.15, -0.1) is 0 Å². The summed E-state index contributed by atoms with van der Waals surface area (Å²) in [6, 6.07) is 5.96. The molecule has 16 heavy (non-hydrogen) atoms. The van der Waals surface area contributed by atoms with Crippen molar-refractivity contribution in [1.82, 2.24) is 9.38 Å². The smallest absolute Gasteiger partial charge is 0.303 e. The van der Waals surface area contributed by atoms with Crippen LogP contribution in [0.25, 0.3) is 5.52 Å². The summed E-state index contributed by atoms with van der Waals surface area (Å²) >= 11 is 0. The fourth-order valence-electron chi connectivity index (χ4n) is 1.98. The van der Waals surface area contributed by atoms with Gasteiger partial charge in [0, 0.05) is 12.1 Å². The Bertz CT molecular complexity index is 543. The first kappa shape index (κ1) is 10.7. The number of nitrogens with zero attached hydrogens (tertiary/aromatic N) is 2. The molecule has 4 heteroatoms. The minimum Gasteiger partial charge on any atom is -0.481 e. The highest BCUT2D eigenvalue weighted by Gasteiger charge is 2.10. The van der Waals surface area contributed by atoms with E-state index < -0.39 is 5.97 Å². The van der Waals surface area contributed by atoms with Crippen LogP contribution in [-0.4, -0.2) is 20.5 Å². The molecule has 4 nitrogen and oxygen atoms in total. The van der Waals surface area contributed by atoms with Crippen LogP contribution in [0.3, 0.4) is 0 Å². The highest BCUT2D eigenvalue weighted by molar-refractivity contribution is 5.68. The first-order chi connectivity index (χ1) is 7.59. The molecule has 2 rings (SSSR count). The minimum atomic E-state index is -0.786. The molecule has 84 valence electrons. The molecule has 0 aliphatic carbocycles. The number of carboxylic acids is 1. The van der Waals surface area contributed by atoms with E-state index in [2.05, 4.69) is 9.38 Å². The second-order valence-corrected chi connectivity index (χ2v) is 3.89. The van der Waals surface area contributed by atoms with Crippen LogP contribution in [0, 0.1) is 13.8 Å². The Kier molecular flexibility index (Phi) is 2.64. The molecular weight excluding hydrogens is 204 g/mol. The Morgan fingerprint density at radius 2 is 2.19 bits per heavy atom. The quantitative estimate of drug-likeness (QED) is 0.856. The maximum absolute atomic E-state index is 10.5.